The summed E-state index contributed by atoms with van der Waals surface area (Å²) in [5.41, 5.74) is 0.366. The molecule has 3 N–H and O–H groups in total. The normalized spacial score (nSPS) is 15.1. The van der Waals surface area contributed by atoms with Gasteiger partial charge in [-0.05, 0) is 18.6 Å². The molecule has 21 heavy (non-hydrogen) atoms. The van der Waals surface area contributed by atoms with Gasteiger partial charge in [-0.2, -0.15) is 0 Å². The van der Waals surface area contributed by atoms with Gasteiger partial charge < -0.3 is 19.3 Å². The van der Waals surface area contributed by atoms with E-state index in [1.54, 1.807) is 18.2 Å². The molecule has 1 heterocycles. The standard InChI is InChI=1S/C11H14NO7PS/c13-10(14)5-4-9(11(15)16)19-20(17,21-18)7-8-3-1-2-6-12-8/h1-3,6,9,18H,4-5,7H2,(H,13,14)(H,15,16). The highest BCUT2D eigenvalue weighted by atomic mass is 32.7. The predicted octanol–water partition coefficient (Wildman–Crippen LogP) is 2.32. The maximum atomic E-state index is 12.4. The number of carboxylic acid groups (broad SMARTS) is 2. The van der Waals surface area contributed by atoms with Gasteiger partial charge in [0.15, 0.2) is 6.10 Å². The molecule has 10 heteroatoms. The molecular formula is C11H14NO7PS. The Hall–Kier alpha value is -1.41. The molecule has 0 radical (unpaired) electrons. The number of aromatic nitrogens is 1. The Morgan fingerprint density at radius 3 is 2.57 bits per heavy atom. The first-order chi connectivity index (χ1) is 9.86. The highest BCUT2D eigenvalue weighted by molar-refractivity contribution is 8.53. The molecule has 0 spiro atoms. The van der Waals surface area contributed by atoms with Crippen molar-refractivity contribution in [2.75, 3.05) is 0 Å². The molecule has 116 valence electrons. The Balaban J connectivity index is 2.79. The largest absolute Gasteiger partial charge is 0.481 e. The Labute approximate surface area is 124 Å². The fraction of sp³-hybridized carbons (Fsp3) is 0.364. The molecule has 2 atom stereocenters. The lowest BCUT2D eigenvalue weighted by Crippen LogP contribution is -2.23. The van der Waals surface area contributed by atoms with Gasteiger partial charge >= 0.3 is 11.9 Å². The van der Waals surface area contributed by atoms with Gasteiger partial charge in [-0.3, -0.25) is 14.3 Å². The average Bonchev–Trinajstić information content (AvgIpc) is 2.44. The zero-order valence-corrected chi connectivity index (χ0v) is 12.5. The molecule has 0 aliphatic carbocycles. The molecule has 0 saturated heterocycles. The van der Waals surface area contributed by atoms with Gasteiger partial charge in [0.2, 0.25) is 0 Å². The molecule has 0 amide bonds. The third kappa shape index (κ3) is 6.26. The monoisotopic (exact) mass is 335 g/mol. The summed E-state index contributed by atoms with van der Waals surface area (Å²) < 4.78 is 26.5. The van der Waals surface area contributed by atoms with Crippen molar-refractivity contribution >= 4 is 30.2 Å². The third-order valence-electron chi connectivity index (χ3n) is 2.39. The summed E-state index contributed by atoms with van der Waals surface area (Å²) >= 11 is -0.0704. The molecular weight excluding hydrogens is 321 g/mol. The van der Waals surface area contributed by atoms with Crippen molar-refractivity contribution in [3.8, 4) is 0 Å². The van der Waals surface area contributed by atoms with Crippen LogP contribution in [0.3, 0.4) is 0 Å². The van der Waals surface area contributed by atoms with E-state index < -0.39 is 31.0 Å². The molecule has 1 aromatic heterocycles. The van der Waals surface area contributed by atoms with Crippen LogP contribution in [0.1, 0.15) is 18.5 Å². The van der Waals surface area contributed by atoms with Gasteiger partial charge in [-0.1, -0.05) is 6.07 Å². The van der Waals surface area contributed by atoms with Crippen molar-refractivity contribution < 1.29 is 33.4 Å². The van der Waals surface area contributed by atoms with Crippen LogP contribution in [0.4, 0.5) is 0 Å². The van der Waals surface area contributed by atoms with Crippen LogP contribution in [-0.2, 0) is 24.8 Å². The number of carbonyl (C=O) groups is 2. The van der Waals surface area contributed by atoms with Gasteiger partial charge in [-0.25, -0.2) is 4.79 Å². The van der Waals surface area contributed by atoms with Crippen molar-refractivity contribution in [1.82, 2.24) is 4.98 Å². The van der Waals surface area contributed by atoms with Crippen LogP contribution < -0.4 is 0 Å². The minimum absolute atomic E-state index is 0.0704. The summed E-state index contributed by atoms with van der Waals surface area (Å²) in [6, 6.07) is 4.85. The zero-order valence-electron chi connectivity index (χ0n) is 10.8. The molecule has 0 aliphatic rings. The number of nitrogens with zero attached hydrogens (tertiary/aromatic N) is 1. The van der Waals surface area contributed by atoms with E-state index in [-0.39, 0.29) is 24.2 Å². The molecule has 0 saturated carbocycles. The first-order valence-electron chi connectivity index (χ1n) is 5.81. The summed E-state index contributed by atoms with van der Waals surface area (Å²) in [4.78, 5) is 25.4. The Morgan fingerprint density at radius 1 is 1.38 bits per heavy atom. The van der Waals surface area contributed by atoms with E-state index in [1.165, 1.54) is 6.20 Å². The smallest absolute Gasteiger partial charge is 0.333 e. The fourth-order valence-corrected chi connectivity index (χ4v) is 3.78. The number of rotatable bonds is 9. The number of carboxylic acids is 2. The second kappa shape index (κ2) is 8.14. The topological polar surface area (TPSA) is 134 Å². The Morgan fingerprint density at radius 2 is 2.10 bits per heavy atom. The molecule has 0 fully saturated rings. The minimum Gasteiger partial charge on any atom is -0.481 e. The van der Waals surface area contributed by atoms with Crippen LogP contribution in [0.2, 0.25) is 0 Å². The summed E-state index contributed by atoms with van der Waals surface area (Å²) in [5, 5.41) is 17.5. The second-order valence-corrected chi connectivity index (χ2v) is 8.11. The Bertz CT molecular complexity index is 539. The molecule has 0 bridgehead atoms. The fourth-order valence-electron chi connectivity index (χ4n) is 1.45. The molecule has 0 aliphatic heterocycles. The number of pyridine rings is 1. The molecule has 8 nitrogen and oxygen atoms in total. The van der Waals surface area contributed by atoms with Gasteiger partial charge in [0.25, 0.3) is 6.57 Å². The summed E-state index contributed by atoms with van der Waals surface area (Å²) in [7, 11) is 0. The first-order valence-corrected chi connectivity index (χ1v) is 9.00. The zero-order chi connectivity index (χ0) is 15.9. The van der Waals surface area contributed by atoms with Gasteiger partial charge in [-0.15, -0.1) is 0 Å². The highest BCUT2D eigenvalue weighted by Crippen LogP contribution is 2.61. The van der Waals surface area contributed by atoms with Crippen molar-refractivity contribution in [1.29, 1.82) is 0 Å². The van der Waals surface area contributed by atoms with E-state index in [0.717, 1.165) is 0 Å². The van der Waals surface area contributed by atoms with Gasteiger partial charge in [0.1, 0.15) is 0 Å². The summed E-state index contributed by atoms with van der Waals surface area (Å²) in [6.07, 6.45) is -1.17. The van der Waals surface area contributed by atoms with Crippen LogP contribution in [0.15, 0.2) is 24.4 Å². The van der Waals surface area contributed by atoms with E-state index in [1.807, 2.05) is 0 Å². The van der Waals surface area contributed by atoms with Crippen LogP contribution >= 0.6 is 18.2 Å². The maximum absolute atomic E-state index is 12.4. The van der Waals surface area contributed by atoms with Crippen molar-refractivity contribution in [3.63, 3.8) is 0 Å². The lowest BCUT2D eigenvalue weighted by Gasteiger charge is -2.19. The second-order valence-electron chi connectivity index (χ2n) is 4.04. The van der Waals surface area contributed by atoms with E-state index in [2.05, 4.69) is 4.98 Å². The quantitative estimate of drug-likeness (QED) is 0.459. The average molecular weight is 335 g/mol. The van der Waals surface area contributed by atoms with E-state index in [4.69, 9.17) is 19.3 Å². The minimum atomic E-state index is -3.76. The number of hydrogen-bond donors (Lipinski definition) is 3. The van der Waals surface area contributed by atoms with E-state index in [0.29, 0.717) is 5.69 Å². The maximum Gasteiger partial charge on any atom is 0.333 e. The van der Waals surface area contributed by atoms with Crippen molar-refractivity contribution in [3.05, 3.63) is 30.1 Å². The van der Waals surface area contributed by atoms with Crippen LogP contribution in [0, 0.1) is 0 Å². The molecule has 1 aromatic rings. The van der Waals surface area contributed by atoms with Crippen LogP contribution in [0.5, 0.6) is 0 Å². The van der Waals surface area contributed by atoms with Crippen molar-refractivity contribution in [2.24, 2.45) is 0 Å². The number of aliphatic carboxylic acids is 2. The lowest BCUT2D eigenvalue weighted by molar-refractivity contribution is -0.146. The van der Waals surface area contributed by atoms with Crippen LogP contribution in [-0.4, -0.2) is 37.8 Å². The summed E-state index contributed by atoms with van der Waals surface area (Å²) in [6.45, 7) is -3.76. The van der Waals surface area contributed by atoms with Crippen molar-refractivity contribution in [2.45, 2.75) is 25.1 Å². The molecule has 1 rings (SSSR count). The summed E-state index contributed by atoms with van der Waals surface area (Å²) in [5.74, 6) is -2.63. The SMILES string of the molecule is O=C(O)CCC(OP(=O)(Cc1ccccn1)SO)C(=O)O. The third-order valence-corrected chi connectivity index (χ3v) is 5.32. The van der Waals surface area contributed by atoms with Gasteiger partial charge in [0.05, 0.1) is 23.5 Å². The Kier molecular flexibility index (Phi) is 6.83. The molecule has 2 unspecified atom stereocenters. The molecule has 0 aromatic carbocycles. The first kappa shape index (κ1) is 17.6. The number of hydrogen-bond acceptors (Lipinski definition) is 7. The van der Waals surface area contributed by atoms with E-state index >= 15 is 0 Å². The van der Waals surface area contributed by atoms with E-state index in [9.17, 15) is 14.2 Å². The van der Waals surface area contributed by atoms with Crippen LogP contribution in [0.25, 0.3) is 0 Å². The van der Waals surface area contributed by atoms with Gasteiger partial charge in [0, 0.05) is 12.6 Å². The lowest BCUT2D eigenvalue weighted by atomic mass is 10.2. The predicted molar refractivity (Wildman–Crippen MR) is 75.1 cm³/mol. The highest BCUT2D eigenvalue weighted by Gasteiger charge is 2.33.